The minimum absolute atomic E-state index is 0.0208. The Bertz CT molecular complexity index is 1340. The zero-order chi connectivity index (χ0) is 21.2. The average molecular weight is 411 g/mol. The van der Waals surface area contributed by atoms with E-state index < -0.39 is 11.9 Å². The van der Waals surface area contributed by atoms with Gasteiger partial charge in [0, 0.05) is 16.9 Å². The molecule has 1 unspecified atom stereocenters. The lowest BCUT2D eigenvalue weighted by Gasteiger charge is -2.17. The molecule has 6 nitrogen and oxygen atoms in total. The van der Waals surface area contributed by atoms with Crippen LogP contribution in [0.25, 0.3) is 32.9 Å². The molecule has 3 heterocycles. The van der Waals surface area contributed by atoms with Crippen molar-refractivity contribution in [2.75, 3.05) is 18.1 Å². The van der Waals surface area contributed by atoms with Crippen molar-refractivity contribution in [2.24, 2.45) is 0 Å². The first-order valence-corrected chi connectivity index (χ1v) is 9.24. The van der Waals surface area contributed by atoms with Crippen molar-refractivity contribution in [1.82, 2.24) is 15.0 Å². The number of aromatic nitrogens is 3. The molecule has 2 aromatic carbocycles. The smallest absolute Gasteiger partial charge is 0.433 e. The number of nitrogens with zero attached hydrogens (tertiary/aromatic N) is 3. The average Bonchev–Trinajstić information content (AvgIpc) is 3.07. The summed E-state index contributed by atoms with van der Waals surface area (Å²) in [5, 5.41) is 1.11. The summed E-state index contributed by atoms with van der Waals surface area (Å²) < 4.78 is 46.6. The minimum Gasteiger partial charge on any atom is -0.492 e. The molecule has 1 aliphatic rings. The largest absolute Gasteiger partial charge is 0.492 e. The molecule has 9 heteroatoms. The number of anilines is 2. The Morgan fingerprint density at radius 2 is 1.77 bits per heavy atom. The molecular weight excluding hydrogens is 395 g/mol. The number of rotatable bonds is 1. The zero-order valence-electron chi connectivity index (χ0n) is 15.8. The van der Waals surface area contributed by atoms with Gasteiger partial charge in [-0.2, -0.15) is 18.2 Å². The standard InChI is InChI=1S/C21H16F3N5O/c1-9-8-30-18-16(9)12(6-14-17(18)19(25)29-20(26)28-14)11-7-15(21(22,23)24)27-13-5-3-2-4-10(11)13/h2-7,9H,8H2,1H3,(H4,25,26,28,29). The molecule has 5 rings (SSSR count). The first-order chi connectivity index (χ1) is 14.2. The number of para-hydroxylation sites is 1. The van der Waals surface area contributed by atoms with Crippen LogP contribution >= 0.6 is 0 Å². The van der Waals surface area contributed by atoms with Gasteiger partial charge in [-0.1, -0.05) is 25.1 Å². The third kappa shape index (κ3) is 2.69. The second kappa shape index (κ2) is 6.19. The van der Waals surface area contributed by atoms with Crippen LogP contribution in [0.1, 0.15) is 24.1 Å². The normalized spacial score (nSPS) is 16.1. The quantitative estimate of drug-likeness (QED) is 0.478. The highest BCUT2D eigenvalue weighted by Crippen LogP contribution is 2.48. The van der Waals surface area contributed by atoms with Crippen LogP contribution in [0.4, 0.5) is 24.9 Å². The summed E-state index contributed by atoms with van der Waals surface area (Å²) in [4.78, 5) is 12.1. The molecule has 1 atom stereocenters. The van der Waals surface area contributed by atoms with Crippen molar-refractivity contribution in [3.05, 3.63) is 47.7 Å². The third-order valence-electron chi connectivity index (χ3n) is 5.29. The van der Waals surface area contributed by atoms with Gasteiger partial charge in [-0.3, -0.25) is 0 Å². The fourth-order valence-electron chi connectivity index (χ4n) is 4.02. The van der Waals surface area contributed by atoms with Crippen LogP contribution in [-0.2, 0) is 6.18 Å². The fraction of sp³-hybridized carbons (Fsp3) is 0.190. The number of pyridine rings is 1. The zero-order valence-corrected chi connectivity index (χ0v) is 15.8. The van der Waals surface area contributed by atoms with E-state index in [9.17, 15) is 13.2 Å². The maximum absolute atomic E-state index is 13.6. The van der Waals surface area contributed by atoms with Gasteiger partial charge in [-0.05, 0) is 29.3 Å². The second-order valence-electron chi connectivity index (χ2n) is 7.31. The van der Waals surface area contributed by atoms with E-state index in [1.54, 1.807) is 30.3 Å². The Hall–Kier alpha value is -3.62. The number of ether oxygens (including phenoxy) is 1. The lowest BCUT2D eigenvalue weighted by molar-refractivity contribution is -0.140. The van der Waals surface area contributed by atoms with Gasteiger partial charge in [-0.15, -0.1) is 0 Å². The maximum Gasteiger partial charge on any atom is 0.433 e. The molecule has 152 valence electrons. The van der Waals surface area contributed by atoms with E-state index in [-0.39, 0.29) is 23.2 Å². The predicted molar refractivity (Wildman–Crippen MR) is 108 cm³/mol. The van der Waals surface area contributed by atoms with Crippen molar-refractivity contribution in [3.8, 4) is 16.9 Å². The first-order valence-electron chi connectivity index (χ1n) is 9.24. The molecule has 2 aromatic heterocycles. The van der Waals surface area contributed by atoms with Crippen LogP contribution in [0, 0.1) is 0 Å². The van der Waals surface area contributed by atoms with E-state index in [0.717, 1.165) is 11.6 Å². The minimum atomic E-state index is -4.59. The highest BCUT2D eigenvalue weighted by Gasteiger charge is 2.35. The number of hydrogen-bond donors (Lipinski definition) is 2. The van der Waals surface area contributed by atoms with Crippen LogP contribution in [0.15, 0.2) is 36.4 Å². The number of nitrogens with two attached hydrogens (primary N) is 2. The van der Waals surface area contributed by atoms with E-state index in [4.69, 9.17) is 16.2 Å². The van der Waals surface area contributed by atoms with Gasteiger partial charge in [0.25, 0.3) is 0 Å². The molecular formula is C21H16F3N5O. The highest BCUT2D eigenvalue weighted by atomic mass is 19.4. The van der Waals surface area contributed by atoms with E-state index >= 15 is 0 Å². The van der Waals surface area contributed by atoms with Crippen molar-refractivity contribution in [3.63, 3.8) is 0 Å². The molecule has 1 aliphatic heterocycles. The molecule has 4 N–H and O–H groups in total. The van der Waals surface area contributed by atoms with Crippen molar-refractivity contribution < 1.29 is 17.9 Å². The maximum atomic E-state index is 13.6. The number of nitrogen functional groups attached to an aromatic ring is 2. The number of fused-ring (bicyclic) bond motifs is 4. The summed E-state index contributed by atoms with van der Waals surface area (Å²) in [5.41, 5.74) is 13.3. The van der Waals surface area contributed by atoms with Crippen LogP contribution in [0.5, 0.6) is 5.75 Å². The van der Waals surface area contributed by atoms with E-state index in [1.807, 2.05) is 6.92 Å². The number of alkyl halides is 3. The summed E-state index contributed by atoms with van der Waals surface area (Å²) in [7, 11) is 0. The number of benzene rings is 2. The molecule has 30 heavy (non-hydrogen) atoms. The predicted octanol–water partition coefficient (Wildman–Crippen LogP) is 4.52. The molecule has 0 amide bonds. The van der Waals surface area contributed by atoms with Gasteiger partial charge >= 0.3 is 6.18 Å². The highest BCUT2D eigenvalue weighted by molar-refractivity contribution is 6.04. The molecule has 0 aliphatic carbocycles. The molecule has 0 saturated carbocycles. The Kier molecular flexibility index (Phi) is 3.80. The first kappa shape index (κ1) is 18.4. The lowest BCUT2D eigenvalue weighted by atomic mass is 9.89. The van der Waals surface area contributed by atoms with Crippen LogP contribution < -0.4 is 16.2 Å². The molecule has 0 spiro atoms. The lowest BCUT2D eigenvalue weighted by Crippen LogP contribution is -2.09. The van der Waals surface area contributed by atoms with Gasteiger partial charge < -0.3 is 16.2 Å². The van der Waals surface area contributed by atoms with Crippen LogP contribution in [-0.4, -0.2) is 21.6 Å². The van der Waals surface area contributed by atoms with Crippen molar-refractivity contribution >= 4 is 33.6 Å². The Labute approximate surface area is 168 Å². The Balaban J connectivity index is 1.93. The summed E-state index contributed by atoms with van der Waals surface area (Å²) in [6, 6.07) is 9.51. The van der Waals surface area contributed by atoms with Crippen molar-refractivity contribution in [1.29, 1.82) is 0 Å². The fourth-order valence-corrected chi connectivity index (χ4v) is 4.02. The van der Waals surface area contributed by atoms with Gasteiger partial charge in [0.05, 0.1) is 23.0 Å². The topological polar surface area (TPSA) is 99.9 Å². The summed E-state index contributed by atoms with van der Waals surface area (Å²) in [6.07, 6.45) is -4.59. The van der Waals surface area contributed by atoms with Gasteiger partial charge in [0.1, 0.15) is 17.3 Å². The van der Waals surface area contributed by atoms with Crippen LogP contribution in [0.3, 0.4) is 0 Å². The molecule has 0 radical (unpaired) electrons. The Morgan fingerprint density at radius 3 is 2.53 bits per heavy atom. The summed E-state index contributed by atoms with van der Waals surface area (Å²) in [5.74, 6) is 0.581. The Morgan fingerprint density at radius 1 is 1.00 bits per heavy atom. The number of hydrogen-bond acceptors (Lipinski definition) is 6. The SMILES string of the molecule is CC1COc2c1c(-c1cc(C(F)(F)F)nc3ccccc13)cc1nc(N)nc(N)c21. The third-order valence-corrected chi connectivity index (χ3v) is 5.29. The molecule has 0 bridgehead atoms. The van der Waals surface area contributed by atoms with Crippen molar-refractivity contribution in [2.45, 2.75) is 19.0 Å². The molecule has 4 aromatic rings. The molecule has 0 saturated heterocycles. The van der Waals surface area contributed by atoms with Gasteiger partial charge in [0.15, 0.2) is 0 Å². The number of halogens is 3. The molecule has 0 fully saturated rings. The monoisotopic (exact) mass is 411 g/mol. The van der Waals surface area contributed by atoms with Gasteiger partial charge in [-0.25, -0.2) is 9.97 Å². The van der Waals surface area contributed by atoms with Crippen LogP contribution in [0.2, 0.25) is 0 Å². The van der Waals surface area contributed by atoms with Gasteiger partial charge in [0.2, 0.25) is 5.95 Å². The second-order valence-corrected chi connectivity index (χ2v) is 7.31. The van der Waals surface area contributed by atoms with E-state index in [1.165, 1.54) is 0 Å². The van der Waals surface area contributed by atoms with E-state index in [0.29, 0.717) is 39.8 Å². The summed E-state index contributed by atoms with van der Waals surface area (Å²) in [6.45, 7) is 2.32. The summed E-state index contributed by atoms with van der Waals surface area (Å²) >= 11 is 0. The van der Waals surface area contributed by atoms with E-state index in [2.05, 4.69) is 15.0 Å².